The second-order valence-electron chi connectivity index (χ2n) is 9.18. The smallest absolute Gasteiger partial charge is 0.246 e. The van der Waals surface area contributed by atoms with Gasteiger partial charge in [0.15, 0.2) is 17.3 Å². The normalized spacial score (nSPS) is 15.4. The number of nitrogens with one attached hydrogen (secondary N) is 1. The molecule has 1 saturated heterocycles. The van der Waals surface area contributed by atoms with Crippen LogP contribution < -0.4 is 15.0 Å². The van der Waals surface area contributed by atoms with Crippen molar-refractivity contribution in [2.45, 2.75) is 13.0 Å². The maximum Gasteiger partial charge on any atom is 0.246 e. The Morgan fingerprint density at radius 1 is 1.18 bits per heavy atom. The van der Waals surface area contributed by atoms with Gasteiger partial charge < -0.3 is 19.9 Å². The van der Waals surface area contributed by atoms with Crippen LogP contribution in [0.4, 0.5) is 21.7 Å². The molecule has 1 fully saturated rings. The lowest BCUT2D eigenvalue weighted by molar-refractivity contribution is -0.128. The number of rotatable bonds is 6. The number of fused-ring (bicyclic) bond motifs is 2. The molecule has 1 atom stereocenters. The first-order valence-electron chi connectivity index (χ1n) is 12.4. The highest BCUT2D eigenvalue weighted by Crippen LogP contribution is 2.36. The highest BCUT2D eigenvalue weighted by molar-refractivity contribution is 6.32. The van der Waals surface area contributed by atoms with Gasteiger partial charge in [0, 0.05) is 37.9 Å². The molecule has 40 heavy (non-hydrogen) atoms. The van der Waals surface area contributed by atoms with Crippen molar-refractivity contribution in [1.82, 2.24) is 34.4 Å². The third-order valence-corrected chi connectivity index (χ3v) is 7.01. The van der Waals surface area contributed by atoms with Crippen LogP contribution in [-0.4, -0.2) is 66.0 Å². The SMILES string of the molecule is C=CC(=O)N1CCN(c2ccc3ncnc(Nc4ccc(Oc5ccn6ncnc6c5)c(Cl)c4F)c3n2)C[C@H]1C. The van der Waals surface area contributed by atoms with Crippen LogP contribution in [0.1, 0.15) is 6.92 Å². The van der Waals surface area contributed by atoms with Crippen molar-refractivity contribution in [2.75, 3.05) is 29.9 Å². The average molecular weight is 560 g/mol. The van der Waals surface area contributed by atoms with Crippen LogP contribution in [0.2, 0.25) is 5.02 Å². The van der Waals surface area contributed by atoms with Gasteiger partial charge in [-0.2, -0.15) is 5.10 Å². The molecule has 1 aliphatic rings. The lowest BCUT2D eigenvalue weighted by atomic mass is 10.2. The third-order valence-electron chi connectivity index (χ3n) is 6.66. The van der Waals surface area contributed by atoms with Crippen molar-refractivity contribution in [3.05, 3.63) is 78.7 Å². The number of ether oxygens (including phenoxy) is 1. The van der Waals surface area contributed by atoms with Crippen LogP contribution >= 0.6 is 11.6 Å². The number of halogens is 2. The van der Waals surface area contributed by atoms with E-state index in [1.165, 1.54) is 24.8 Å². The number of nitrogens with zero attached hydrogens (tertiary/aromatic N) is 8. The number of carbonyl (C=O) groups is 1. The Labute approximate surface area is 232 Å². The van der Waals surface area contributed by atoms with Crippen molar-refractivity contribution in [2.24, 2.45) is 0 Å². The minimum atomic E-state index is -0.706. The largest absolute Gasteiger partial charge is 0.455 e. The summed E-state index contributed by atoms with van der Waals surface area (Å²) >= 11 is 6.35. The van der Waals surface area contributed by atoms with E-state index >= 15 is 4.39 Å². The first kappa shape index (κ1) is 25.4. The van der Waals surface area contributed by atoms with E-state index in [9.17, 15) is 4.79 Å². The highest BCUT2D eigenvalue weighted by atomic mass is 35.5. The molecule has 1 aliphatic heterocycles. The van der Waals surface area contributed by atoms with Gasteiger partial charge >= 0.3 is 0 Å². The Bertz CT molecular complexity index is 1760. The number of pyridine rings is 2. The van der Waals surface area contributed by atoms with Gasteiger partial charge in [-0.25, -0.2) is 28.8 Å². The Hall–Kier alpha value is -4.84. The molecular formula is C27H23ClFN9O2. The first-order chi connectivity index (χ1) is 19.4. The summed E-state index contributed by atoms with van der Waals surface area (Å²) in [4.78, 5) is 33.5. The molecule has 0 bridgehead atoms. The summed E-state index contributed by atoms with van der Waals surface area (Å²) in [5.41, 5.74) is 1.74. The topological polar surface area (TPSA) is 114 Å². The molecule has 5 heterocycles. The van der Waals surface area contributed by atoms with Crippen LogP contribution in [0, 0.1) is 5.82 Å². The Morgan fingerprint density at radius 3 is 2.88 bits per heavy atom. The molecule has 6 rings (SSSR count). The maximum absolute atomic E-state index is 15.4. The zero-order valence-corrected chi connectivity index (χ0v) is 22.1. The second-order valence-corrected chi connectivity index (χ2v) is 9.56. The Morgan fingerprint density at radius 2 is 2.05 bits per heavy atom. The number of amides is 1. The summed E-state index contributed by atoms with van der Waals surface area (Å²) in [6.45, 7) is 7.32. The van der Waals surface area contributed by atoms with Crippen molar-refractivity contribution in [1.29, 1.82) is 0 Å². The molecule has 13 heteroatoms. The van der Waals surface area contributed by atoms with Crippen molar-refractivity contribution in [3.8, 4) is 11.5 Å². The van der Waals surface area contributed by atoms with Crippen molar-refractivity contribution >= 4 is 51.5 Å². The second kappa shape index (κ2) is 10.4. The van der Waals surface area contributed by atoms with Gasteiger partial charge in [0.05, 0.1) is 11.2 Å². The fourth-order valence-electron chi connectivity index (χ4n) is 4.63. The van der Waals surface area contributed by atoms with Gasteiger partial charge in [0.25, 0.3) is 0 Å². The zero-order valence-electron chi connectivity index (χ0n) is 21.3. The minimum absolute atomic E-state index is 0.0170. The van der Waals surface area contributed by atoms with Crippen LogP contribution in [0.3, 0.4) is 0 Å². The number of anilines is 3. The van der Waals surface area contributed by atoms with E-state index in [-0.39, 0.29) is 28.4 Å². The zero-order chi connectivity index (χ0) is 27.8. The average Bonchev–Trinajstić information content (AvgIpc) is 3.44. The van der Waals surface area contributed by atoms with Crippen LogP contribution in [0.5, 0.6) is 11.5 Å². The van der Waals surface area contributed by atoms with Gasteiger partial charge in [0.1, 0.15) is 40.5 Å². The van der Waals surface area contributed by atoms with Gasteiger partial charge in [-0.05, 0) is 43.3 Å². The summed E-state index contributed by atoms with van der Waals surface area (Å²) in [6, 6.07) is 10.1. The maximum atomic E-state index is 15.4. The van der Waals surface area contributed by atoms with E-state index in [2.05, 4.69) is 36.8 Å². The van der Waals surface area contributed by atoms with Gasteiger partial charge in [-0.3, -0.25) is 4.79 Å². The number of benzene rings is 1. The number of aromatic nitrogens is 6. The highest BCUT2D eigenvalue weighted by Gasteiger charge is 2.27. The molecule has 0 unspecified atom stereocenters. The number of piperazine rings is 1. The molecule has 4 aromatic heterocycles. The lowest BCUT2D eigenvalue weighted by Gasteiger charge is -2.40. The quantitative estimate of drug-likeness (QED) is 0.298. The Kier molecular flexibility index (Phi) is 6.60. The molecule has 0 saturated carbocycles. The van der Waals surface area contributed by atoms with E-state index in [1.807, 2.05) is 19.1 Å². The molecule has 11 nitrogen and oxygen atoms in total. The lowest BCUT2D eigenvalue weighted by Crippen LogP contribution is -2.53. The van der Waals surface area contributed by atoms with Crippen LogP contribution in [-0.2, 0) is 4.79 Å². The summed E-state index contributed by atoms with van der Waals surface area (Å²) in [7, 11) is 0. The monoisotopic (exact) mass is 559 g/mol. The van der Waals surface area contributed by atoms with Gasteiger partial charge in [-0.1, -0.05) is 18.2 Å². The molecule has 0 aliphatic carbocycles. The molecule has 0 radical (unpaired) electrons. The van der Waals surface area contributed by atoms with Crippen molar-refractivity contribution < 1.29 is 13.9 Å². The number of hydrogen-bond acceptors (Lipinski definition) is 9. The number of carbonyl (C=O) groups excluding carboxylic acids is 1. The Balaban J connectivity index is 1.25. The van der Waals surface area contributed by atoms with E-state index in [0.717, 1.165) is 0 Å². The summed E-state index contributed by atoms with van der Waals surface area (Å²) < 4.78 is 22.8. The summed E-state index contributed by atoms with van der Waals surface area (Å²) in [6.07, 6.45) is 5.82. The van der Waals surface area contributed by atoms with Gasteiger partial charge in [0.2, 0.25) is 5.91 Å². The predicted molar refractivity (Wildman–Crippen MR) is 149 cm³/mol. The minimum Gasteiger partial charge on any atom is -0.455 e. The molecule has 202 valence electrons. The summed E-state index contributed by atoms with van der Waals surface area (Å²) in [5.74, 6) is 0.806. The van der Waals surface area contributed by atoms with E-state index in [0.29, 0.717) is 53.7 Å². The first-order valence-corrected chi connectivity index (χ1v) is 12.8. The molecule has 0 spiro atoms. The predicted octanol–water partition coefficient (Wildman–Crippen LogP) is 4.62. The summed E-state index contributed by atoms with van der Waals surface area (Å²) in [5, 5.41) is 6.85. The van der Waals surface area contributed by atoms with Crippen molar-refractivity contribution in [3.63, 3.8) is 0 Å². The molecule has 5 aromatic rings. The van der Waals surface area contributed by atoms with Crippen LogP contribution in [0.25, 0.3) is 16.7 Å². The molecule has 1 N–H and O–H groups in total. The fourth-order valence-corrected chi connectivity index (χ4v) is 4.83. The van der Waals surface area contributed by atoms with E-state index in [1.54, 1.807) is 33.8 Å². The standard InChI is InChI=1S/C27H23ClFN9O2/c1-3-23(39)37-11-10-36(13-16(37)2)21-7-5-19-26(35-21)27(32-14-30-19)34-18-4-6-20(24(28)25(18)29)40-17-8-9-38-22(12-17)31-15-33-38/h3-9,12,14-16H,1,10-11,13H2,2H3,(H,30,32,34)/t16-/m1/s1. The van der Waals surface area contributed by atoms with Crippen LogP contribution in [0.15, 0.2) is 67.9 Å². The van der Waals surface area contributed by atoms with E-state index < -0.39 is 5.82 Å². The number of hydrogen-bond donors (Lipinski definition) is 1. The van der Waals surface area contributed by atoms with E-state index in [4.69, 9.17) is 21.3 Å². The molecule has 1 amide bonds. The fraction of sp³-hybridized carbons (Fsp3) is 0.185. The third kappa shape index (κ3) is 4.73. The van der Waals surface area contributed by atoms with Gasteiger partial charge in [-0.15, -0.1) is 0 Å². The molecule has 1 aromatic carbocycles. The molecular weight excluding hydrogens is 537 g/mol.